The largest absolute Gasteiger partial charge is 0.492 e. The summed E-state index contributed by atoms with van der Waals surface area (Å²) in [5, 5.41) is 0. The van der Waals surface area contributed by atoms with Crippen LogP contribution in [-0.2, 0) is 0 Å². The smallest absolute Gasteiger partial charge is 0.152 e. The van der Waals surface area contributed by atoms with Crippen LogP contribution in [0.3, 0.4) is 0 Å². The minimum absolute atomic E-state index is 0.491. The SMILES string of the molecule is Nc1ccc(OCCN2CCCCC2)cc1C=O. The molecule has 98 valence electrons. The van der Waals surface area contributed by atoms with E-state index in [0.29, 0.717) is 23.6 Å². The van der Waals surface area contributed by atoms with Crippen molar-refractivity contribution in [1.29, 1.82) is 0 Å². The number of nitrogens with zero attached hydrogens (tertiary/aromatic N) is 1. The van der Waals surface area contributed by atoms with Gasteiger partial charge in [0, 0.05) is 17.8 Å². The Morgan fingerprint density at radius 1 is 1.28 bits per heavy atom. The number of benzene rings is 1. The topological polar surface area (TPSA) is 55.6 Å². The Hall–Kier alpha value is -1.55. The molecule has 0 aliphatic carbocycles. The predicted octanol–water partition coefficient (Wildman–Crippen LogP) is 1.95. The van der Waals surface area contributed by atoms with Crippen LogP contribution in [0.25, 0.3) is 0 Å². The van der Waals surface area contributed by atoms with Crippen LogP contribution in [0, 0.1) is 0 Å². The number of carbonyl (C=O) groups excluding carboxylic acids is 1. The van der Waals surface area contributed by atoms with E-state index in [2.05, 4.69) is 4.90 Å². The Bertz CT molecular complexity index is 401. The Labute approximate surface area is 108 Å². The molecular formula is C14H20N2O2. The van der Waals surface area contributed by atoms with Gasteiger partial charge in [-0.1, -0.05) is 6.42 Å². The third kappa shape index (κ3) is 3.47. The molecule has 18 heavy (non-hydrogen) atoms. The Morgan fingerprint density at radius 3 is 2.78 bits per heavy atom. The van der Waals surface area contributed by atoms with E-state index in [9.17, 15) is 4.79 Å². The predicted molar refractivity (Wildman–Crippen MR) is 72.0 cm³/mol. The minimum atomic E-state index is 0.491. The lowest BCUT2D eigenvalue weighted by molar-refractivity contribution is 0.112. The summed E-state index contributed by atoms with van der Waals surface area (Å²) in [5.41, 5.74) is 6.64. The van der Waals surface area contributed by atoms with Crippen LogP contribution in [0.2, 0.25) is 0 Å². The van der Waals surface area contributed by atoms with Crippen LogP contribution in [-0.4, -0.2) is 37.4 Å². The third-order valence-corrected chi connectivity index (χ3v) is 3.31. The molecule has 1 aliphatic heterocycles. The maximum Gasteiger partial charge on any atom is 0.152 e. The van der Waals surface area contributed by atoms with E-state index in [1.807, 2.05) is 0 Å². The highest BCUT2D eigenvalue weighted by Gasteiger charge is 2.09. The number of anilines is 1. The van der Waals surface area contributed by atoms with Gasteiger partial charge in [0.1, 0.15) is 12.4 Å². The Balaban J connectivity index is 1.80. The zero-order valence-corrected chi connectivity index (χ0v) is 10.6. The standard InChI is InChI=1S/C14H20N2O2/c15-14-5-4-13(10-12(14)11-17)18-9-8-16-6-2-1-3-7-16/h4-5,10-11H,1-3,6-9,15H2. The molecule has 2 N–H and O–H groups in total. The quantitative estimate of drug-likeness (QED) is 0.639. The van der Waals surface area contributed by atoms with Crippen molar-refractivity contribution in [3.05, 3.63) is 23.8 Å². The van der Waals surface area contributed by atoms with E-state index in [1.54, 1.807) is 18.2 Å². The number of piperidine rings is 1. The summed E-state index contributed by atoms with van der Waals surface area (Å²) in [6, 6.07) is 5.21. The number of nitrogens with two attached hydrogens (primary N) is 1. The fourth-order valence-corrected chi connectivity index (χ4v) is 2.22. The van der Waals surface area contributed by atoms with Crippen molar-refractivity contribution in [2.75, 3.05) is 32.0 Å². The van der Waals surface area contributed by atoms with Crippen LogP contribution in [0.15, 0.2) is 18.2 Å². The van der Waals surface area contributed by atoms with Crippen molar-refractivity contribution in [1.82, 2.24) is 4.90 Å². The van der Waals surface area contributed by atoms with Crippen molar-refractivity contribution >= 4 is 12.0 Å². The molecule has 0 atom stereocenters. The van der Waals surface area contributed by atoms with Gasteiger partial charge in [-0.25, -0.2) is 0 Å². The van der Waals surface area contributed by atoms with Gasteiger partial charge in [0.05, 0.1) is 0 Å². The lowest BCUT2D eigenvalue weighted by Gasteiger charge is -2.26. The van der Waals surface area contributed by atoms with Crippen molar-refractivity contribution in [3.8, 4) is 5.75 Å². The molecule has 0 amide bonds. The molecule has 0 spiro atoms. The summed E-state index contributed by atoms with van der Waals surface area (Å²) >= 11 is 0. The molecular weight excluding hydrogens is 228 g/mol. The van der Waals surface area contributed by atoms with Gasteiger partial charge in [-0.3, -0.25) is 9.69 Å². The van der Waals surface area contributed by atoms with Gasteiger partial charge in [0.2, 0.25) is 0 Å². The highest BCUT2D eigenvalue weighted by molar-refractivity contribution is 5.83. The molecule has 2 rings (SSSR count). The van der Waals surface area contributed by atoms with E-state index in [0.717, 1.165) is 12.8 Å². The molecule has 0 unspecified atom stereocenters. The first-order valence-electron chi connectivity index (χ1n) is 6.49. The lowest BCUT2D eigenvalue weighted by atomic mass is 10.1. The van der Waals surface area contributed by atoms with Gasteiger partial charge in [0.15, 0.2) is 6.29 Å². The highest BCUT2D eigenvalue weighted by Crippen LogP contribution is 2.18. The molecule has 0 bridgehead atoms. The van der Waals surface area contributed by atoms with Crippen LogP contribution in [0.4, 0.5) is 5.69 Å². The fraction of sp³-hybridized carbons (Fsp3) is 0.500. The summed E-state index contributed by atoms with van der Waals surface area (Å²) in [4.78, 5) is 13.2. The van der Waals surface area contributed by atoms with Gasteiger partial charge >= 0.3 is 0 Å². The lowest BCUT2D eigenvalue weighted by Crippen LogP contribution is -2.33. The third-order valence-electron chi connectivity index (χ3n) is 3.31. The molecule has 0 radical (unpaired) electrons. The van der Waals surface area contributed by atoms with E-state index < -0.39 is 0 Å². The molecule has 1 aromatic rings. The summed E-state index contributed by atoms with van der Waals surface area (Å²) in [7, 11) is 0. The summed E-state index contributed by atoms with van der Waals surface area (Å²) in [6.07, 6.45) is 4.68. The van der Waals surface area contributed by atoms with Gasteiger partial charge in [-0.05, 0) is 44.1 Å². The minimum Gasteiger partial charge on any atom is -0.492 e. The number of ether oxygens (including phenoxy) is 1. The Kier molecular flexibility index (Phi) is 4.59. The molecule has 1 aromatic carbocycles. The molecule has 1 heterocycles. The van der Waals surface area contributed by atoms with E-state index in [1.165, 1.54) is 32.4 Å². The van der Waals surface area contributed by atoms with Gasteiger partial charge in [0.25, 0.3) is 0 Å². The van der Waals surface area contributed by atoms with Crippen LogP contribution >= 0.6 is 0 Å². The number of hydrogen-bond donors (Lipinski definition) is 1. The van der Waals surface area contributed by atoms with Crippen LogP contribution in [0.5, 0.6) is 5.75 Å². The summed E-state index contributed by atoms with van der Waals surface area (Å²) in [5.74, 6) is 0.711. The number of carbonyl (C=O) groups is 1. The molecule has 1 aliphatic rings. The molecule has 1 fully saturated rings. The molecule has 1 saturated heterocycles. The average Bonchev–Trinajstić information content (AvgIpc) is 2.42. The maximum absolute atomic E-state index is 10.8. The van der Waals surface area contributed by atoms with Gasteiger partial charge < -0.3 is 10.5 Å². The first kappa shape index (κ1) is 12.9. The number of aldehydes is 1. The van der Waals surface area contributed by atoms with Gasteiger partial charge in [-0.2, -0.15) is 0 Å². The number of hydrogen-bond acceptors (Lipinski definition) is 4. The van der Waals surface area contributed by atoms with E-state index >= 15 is 0 Å². The zero-order valence-electron chi connectivity index (χ0n) is 10.6. The second-order valence-corrected chi connectivity index (χ2v) is 4.66. The molecule has 0 aromatic heterocycles. The maximum atomic E-state index is 10.8. The van der Waals surface area contributed by atoms with Crippen molar-refractivity contribution < 1.29 is 9.53 Å². The summed E-state index contributed by atoms with van der Waals surface area (Å²) in [6.45, 7) is 3.94. The van der Waals surface area contributed by atoms with Crippen molar-refractivity contribution in [3.63, 3.8) is 0 Å². The van der Waals surface area contributed by atoms with E-state index in [4.69, 9.17) is 10.5 Å². The molecule has 0 saturated carbocycles. The van der Waals surface area contributed by atoms with E-state index in [-0.39, 0.29) is 0 Å². The normalized spacial score (nSPS) is 16.4. The highest BCUT2D eigenvalue weighted by atomic mass is 16.5. The monoisotopic (exact) mass is 248 g/mol. The second-order valence-electron chi connectivity index (χ2n) is 4.66. The number of rotatable bonds is 5. The van der Waals surface area contributed by atoms with Crippen LogP contribution in [0.1, 0.15) is 29.6 Å². The number of likely N-dealkylation sites (tertiary alicyclic amines) is 1. The molecule has 4 heteroatoms. The van der Waals surface area contributed by atoms with Crippen molar-refractivity contribution in [2.24, 2.45) is 0 Å². The molecule has 4 nitrogen and oxygen atoms in total. The first-order valence-corrected chi connectivity index (χ1v) is 6.49. The average molecular weight is 248 g/mol. The Morgan fingerprint density at radius 2 is 2.06 bits per heavy atom. The number of nitrogen functional groups attached to an aromatic ring is 1. The summed E-state index contributed by atoms with van der Waals surface area (Å²) < 4.78 is 5.65. The van der Waals surface area contributed by atoms with Gasteiger partial charge in [-0.15, -0.1) is 0 Å². The second kappa shape index (κ2) is 6.40. The zero-order chi connectivity index (χ0) is 12.8. The fourth-order valence-electron chi connectivity index (χ4n) is 2.22. The van der Waals surface area contributed by atoms with Crippen molar-refractivity contribution in [2.45, 2.75) is 19.3 Å². The van der Waals surface area contributed by atoms with Crippen LogP contribution < -0.4 is 10.5 Å². The first-order chi connectivity index (χ1) is 8.79.